The maximum Gasteiger partial charge on any atom is 0.191 e. The Balaban J connectivity index is 1.51. The largest absolute Gasteiger partial charge is 0.469 e. The van der Waals surface area contributed by atoms with Crippen LogP contribution in [0.15, 0.2) is 70.4 Å². The lowest BCUT2D eigenvalue weighted by atomic mass is 10.2. The Labute approximate surface area is 195 Å². The van der Waals surface area contributed by atoms with E-state index in [-0.39, 0.29) is 5.25 Å². The van der Waals surface area contributed by atoms with Crippen LogP contribution in [0.3, 0.4) is 0 Å². The molecule has 8 heteroatoms. The number of furan rings is 1. The van der Waals surface area contributed by atoms with Crippen molar-refractivity contribution in [2.75, 3.05) is 0 Å². The van der Waals surface area contributed by atoms with Crippen molar-refractivity contribution < 1.29 is 4.42 Å². The summed E-state index contributed by atoms with van der Waals surface area (Å²) in [7, 11) is 1.98. The summed E-state index contributed by atoms with van der Waals surface area (Å²) in [5, 5.41) is 10.4. The summed E-state index contributed by atoms with van der Waals surface area (Å²) in [4.78, 5) is 4.95. The molecule has 0 aliphatic rings. The maximum absolute atomic E-state index is 6.25. The standard InChI is InChI=1S/C24H22ClN5OS/c1-15-19(11-12-31-15)23-27-28-24(29(23)3)32-16(2)22-26-20-13-18(25)9-10-21(20)30(22)14-17-7-5-4-6-8-17/h4-13,16H,14H2,1-3H3. The molecule has 0 fully saturated rings. The third kappa shape index (κ3) is 3.82. The van der Waals surface area contributed by atoms with Gasteiger partial charge in [-0.3, -0.25) is 0 Å². The molecule has 6 nitrogen and oxygen atoms in total. The predicted molar refractivity (Wildman–Crippen MR) is 128 cm³/mol. The molecule has 3 heterocycles. The molecule has 0 aliphatic carbocycles. The van der Waals surface area contributed by atoms with Gasteiger partial charge >= 0.3 is 0 Å². The van der Waals surface area contributed by atoms with Gasteiger partial charge in [-0.15, -0.1) is 10.2 Å². The second-order valence-corrected chi connectivity index (χ2v) is 9.43. The summed E-state index contributed by atoms with van der Waals surface area (Å²) >= 11 is 7.89. The van der Waals surface area contributed by atoms with Gasteiger partial charge in [0, 0.05) is 18.6 Å². The Morgan fingerprint density at radius 1 is 1.09 bits per heavy atom. The van der Waals surface area contributed by atoms with Gasteiger partial charge in [-0.2, -0.15) is 0 Å². The molecule has 0 bridgehead atoms. The molecule has 0 spiro atoms. The van der Waals surface area contributed by atoms with Crippen molar-refractivity contribution in [2.45, 2.75) is 30.8 Å². The molecule has 5 aromatic rings. The third-order valence-corrected chi connectivity index (χ3v) is 6.87. The van der Waals surface area contributed by atoms with E-state index in [1.807, 2.05) is 48.9 Å². The molecule has 1 atom stereocenters. The molecule has 0 saturated heterocycles. The lowest BCUT2D eigenvalue weighted by Crippen LogP contribution is -2.07. The number of nitrogens with zero attached hydrogens (tertiary/aromatic N) is 5. The second kappa shape index (κ2) is 8.48. The van der Waals surface area contributed by atoms with Crippen LogP contribution < -0.4 is 0 Å². The van der Waals surface area contributed by atoms with Crippen molar-refractivity contribution in [1.82, 2.24) is 24.3 Å². The highest BCUT2D eigenvalue weighted by atomic mass is 35.5. The van der Waals surface area contributed by atoms with Crippen LogP contribution in [-0.4, -0.2) is 24.3 Å². The van der Waals surface area contributed by atoms with Crippen molar-refractivity contribution in [3.63, 3.8) is 0 Å². The summed E-state index contributed by atoms with van der Waals surface area (Å²) < 4.78 is 9.70. The van der Waals surface area contributed by atoms with Crippen LogP contribution in [0.1, 0.15) is 29.3 Å². The van der Waals surface area contributed by atoms with Gasteiger partial charge in [0.15, 0.2) is 11.0 Å². The van der Waals surface area contributed by atoms with Crippen molar-refractivity contribution in [3.8, 4) is 11.4 Å². The summed E-state index contributed by atoms with van der Waals surface area (Å²) in [6.45, 7) is 4.81. The van der Waals surface area contributed by atoms with Crippen LogP contribution in [0, 0.1) is 6.92 Å². The number of aryl methyl sites for hydroxylation is 1. The van der Waals surface area contributed by atoms with Gasteiger partial charge in [0.1, 0.15) is 11.6 Å². The number of thioether (sulfide) groups is 1. The summed E-state index contributed by atoms with van der Waals surface area (Å²) in [6, 6.07) is 18.2. The van der Waals surface area contributed by atoms with E-state index < -0.39 is 0 Å². The summed E-state index contributed by atoms with van der Waals surface area (Å²) in [5.41, 5.74) is 4.12. The van der Waals surface area contributed by atoms with Gasteiger partial charge < -0.3 is 13.6 Å². The van der Waals surface area contributed by atoms with Crippen molar-refractivity contribution in [2.24, 2.45) is 7.05 Å². The molecule has 5 rings (SSSR count). The van der Waals surface area contributed by atoms with E-state index in [1.54, 1.807) is 18.0 Å². The van der Waals surface area contributed by atoms with Crippen molar-refractivity contribution >= 4 is 34.4 Å². The molecule has 1 unspecified atom stereocenters. The monoisotopic (exact) mass is 463 g/mol. The maximum atomic E-state index is 6.25. The molecular formula is C24H22ClN5OS. The first-order valence-electron chi connectivity index (χ1n) is 10.3. The van der Waals surface area contributed by atoms with E-state index in [0.29, 0.717) is 5.02 Å². The number of benzene rings is 2. The fourth-order valence-corrected chi connectivity index (χ4v) is 4.94. The number of rotatable bonds is 6. The lowest BCUT2D eigenvalue weighted by Gasteiger charge is -2.14. The predicted octanol–water partition coefficient (Wildman–Crippen LogP) is 6.29. The Morgan fingerprint density at radius 3 is 2.66 bits per heavy atom. The highest BCUT2D eigenvalue weighted by Crippen LogP contribution is 2.37. The normalized spacial score (nSPS) is 12.5. The number of imidazole rings is 1. The number of aromatic nitrogens is 5. The minimum Gasteiger partial charge on any atom is -0.469 e. The Bertz CT molecular complexity index is 1390. The molecule has 0 amide bonds. The van der Waals surface area contributed by atoms with Crippen molar-refractivity contribution in [1.29, 1.82) is 0 Å². The van der Waals surface area contributed by atoms with Gasteiger partial charge in [0.05, 0.1) is 28.1 Å². The van der Waals surface area contributed by atoms with Crippen LogP contribution in [0.5, 0.6) is 0 Å². The Morgan fingerprint density at radius 2 is 1.91 bits per heavy atom. The minimum atomic E-state index is 0.0473. The van der Waals surface area contributed by atoms with Crippen molar-refractivity contribution in [3.05, 3.63) is 83.0 Å². The molecule has 0 saturated carbocycles. The molecule has 0 aliphatic heterocycles. The van der Waals surface area contributed by atoms with E-state index in [0.717, 1.165) is 45.7 Å². The SMILES string of the molecule is Cc1occc1-c1nnc(SC(C)c2nc3cc(Cl)ccc3n2Cc2ccccc2)n1C. The number of fused-ring (bicyclic) bond motifs is 1. The van der Waals surface area contributed by atoms with Gasteiger partial charge in [-0.25, -0.2) is 4.98 Å². The quantitative estimate of drug-likeness (QED) is 0.277. The number of hydrogen-bond donors (Lipinski definition) is 0. The highest BCUT2D eigenvalue weighted by molar-refractivity contribution is 7.99. The average Bonchev–Trinajstić information content (AvgIpc) is 3.46. The molecule has 3 aromatic heterocycles. The second-order valence-electron chi connectivity index (χ2n) is 7.69. The first-order valence-corrected chi connectivity index (χ1v) is 11.6. The molecule has 2 aromatic carbocycles. The third-order valence-electron chi connectivity index (χ3n) is 5.50. The molecular weight excluding hydrogens is 442 g/mol. The topological polar surface area (TPSA) is 61.7 Å². The number of halogens is 1. The van der Waals surface area contributed by atoms with Crippen LogP contribution in [-0.2, 0) is 13.6 Å². The molecule has 0 N–H and O–H groups in total. The van der Waals surface area contributed by atoms with E-state index in [4.69, 9.17) is 21.0 Å². The van der Waals surface area contributed by atoms with Gasteiger partial charge in [-0.05, 0) is 43.7 Å². The number of hydrogen-bond acceptors (Lipinski definition) is 5. The Hall–Kier alpha value is -3.03. The van der Waals surface area contributed by atoms with Crippen LogP contribution in [0.2, 0.25) is 5.02 Å². The average molecular weight is 464 g/mol. The van der Waals surface area contributed by atoms with Crippen LogP contribution in [0.25, 0.3) is 22.4 Å². The zero-order chi connectivity index (χ0) is 22.2. The fraction of sp³-hybridized carbons (Fsp3) is 0.208. The molecule has 162 valence electrons. The summed E-state index contributed by atoms with van der Waals surface area (Å²) in [6.07, 6.45) is 1.67. The first kappa shape index (κ1) is 20.8. The Kier molecular flexibility index (Phi) is 5.53. The van der Waals surface area contributed by atoms with Gasteiger partial charge in [0.2, 0.25) is 0 Å². The lowest BCUT2D eigenvalue weighted by molar-refractivity contribution is 0.534. The molecule has 32 heavy (non-hydrogen) atoms. The highest BCUT2D eigenvalue weighted by Gasteiger charge is 2.22. The zero-order valence-corrected chi connectivity index (χ0v) is 19.6. The summed E-state index contributed by atoms with van der Waals surface area (Å²) in [5.74, 6) is 2.59. The first-order chi connectivity index (χ1) is 15.5. The smallest absolute Gasteiger partial charge is 0.191 e. The van der Waals surface area contributed by atoms with Gasteiger partial charge in [-0.1, -0.05) is 53.7 Å². The van der Waals surface area contributed by atoms with Crippen LogP contribution >= 0.6 is 23.4 Å². The van der Waals surface area contributed by atoms with Crippen LogP contribution in [0.4, 0.5) is 0 Å². The van der Waals surface area contributed by atoms with E-state index in [2.05, 4.69) is 46.0 Å². The van der Waals surface area contributed by atoms with E-state index in [1.165, 1.54) is 5.56 Å². The fourth-order valence-electron chi connectivity index (χ4n) is 3.84. The van der Waals surface area contributed by atoms with E-state index >= 15 is 0 Å². The van der Waals surface area contributed by atoms with Gasteiger partial charge in [0.25, 0.3) is 0 Å². The zero-order valence-electron chi connectivity index (χ0n) is 18.0. The minimum absolute atomic E-state index is 0.0473. The van der Waals surface area contributed by atoms with E-state index in [9.17, 15) is 0 Å². The molecule has 0 radical (unpaired) electrons.